The van der Waals surface area contributed by atoms with Crippen LogP contribution in [0.3, 0.4) is 0 Å². The Morgan fingerprint density at radius 2 is 2.11 bits per heavy atom. The van der Waals surface area contributed by atoms with Crippen LogP contribution in [0, 0.1) is 12.7 Å². The fourth-order valence-corrected chi connectivity index (χ4v) is 2.78. The number of nitrogens with zero attached hydrogens (tertiary/aromatic N) is 2. The van der Waals surface area contributed by atoms with Crippen molar-refractivity contribution in [1.29, 1.82) is 0 Å². The minimum Gasteiger partial charge on any atom is -0.376 e. The van der Waals surface area contributed by atoms with Gasteiger partial charge in [-0.1, -0.05) is 6.07 Å². The molecule has 0 aliphatic rings. The molecule has 0 saturated heterocycles. The molecule has 0 spiro atoms. The lowest BCUT2D eigenvalue weighted by molar-refractivity contribution is 0.615. The monoisotopic (exact) mass is 389 g/mol. The zero-order valence-corrected chi connectivity index (χ0v) is 13.8. The average Bonchev–Trinajstić information content (AvgIpc) is 2.65. The second-order valence-corrected chi connectivity index (χ2v) is 5.76. The highest BCUT2D eigenvalue weighted by atomic mass is 79.9. The van der Waals surface area contributed by atoms with Crippen LogP contribution in [0.25, 0.3) is 0 Å². The normalized spacial score (nSPS) is 10.8. The van der Waals surface area contributed by atoms with Gasteiger partial charge in [0.05, 0.1) is 28.1 Å². The molecule has 19 heavy (non-hydrogen) atoms. The van der Waals surface area contributed by atoms with E-state index in [1.165, 1.54) is 6.07 Å². The van der Waals surface area contributed by atoms with Crippen LogP contribution in [0.5, 0.6) is 0 Å². The summed E-state index contributed by atoms with van der Waals surface area (Å²) in [4.78, 5) is 0. The summed E-state index contributed by atoms with van der Waals surface area (Å²) in [6, 6.07) is 4.91. The van der Waals surface area contributed by atoms with Gasteiger partial charge in [-0.25, -0.2) is 4.39 Å². The highest BCUT2D eigenvalue weighted by Crippen LogP contribution is 2.27. The molecule has 0 amide bonds. The first-order chi connectivity index (χ1) is 9.04. The molecule has 102 valence electrons. The number of halogens is 3. The van der Waals surface area contributed by atoms with Crippen molar-refractivity contribution in [2.24, 2.45) is 0 Å². The molecular formula is C13H14Br2FN3. The second-order valence-electron chi connectivity index (χ2n) is 4.11. The van der Waals surface area contributed by atoms with E-state index in [4.69, 9.17) is 0 Å². The van der Waals surface area contributed by atoms with Gasteiger partial charge in [0.2, 0.25) is 0 Å². The third-order valence-corrected chi connectivity index (χ3v) is 4.54. The number of para-hydroxylation sites is 1. The molecule has 0 fully saturated rings. The first-order valence-electron chi connectivity index (χ1n) is 5.94. The summed E-state index contributed by atoms with van der Waals surface area (Å²) in [5.41, 5.74) is 2.41. The lowest BCUT2D eigenvalue weighted by Gasteiger charge is -2.11. The summed E-state index contributed by atoms with van der Waals surface area (Å²) in [7, 11) is 0. The van der Waals surface area contributed by atoms with Crippen molar-refractivity contribution >= 4 is 37.5 Å². The molecule has 0 unspecified atom stereocenters. The predicted octanol–water partition coefficient (Wildman–Crippen LogP) is 4.49. The van der Waals surface area contributed by atoms with E-state index in [1.54, 1.807) is 6.07 Å². The molecule has 2 rings (SSSR count). The maximum Gasteiger partial charge on any atom is 0.147 e. The molecule has 2 aromatic rings. The van der Waals surface area contributed by atoms with E-state index in [0.29, 0.717) is 16.7 Å². The molecule has 0 saturated carbocycles. The van der Waals surface area contributed by atoms with E-state index in [0.717, 1.165) is 22.4 Å². The first kappa shape index (κ1) is 14.5. The van der Waals surface area contributed by atoms with Gasteiger partial charge in [-0.2, -0.15) is 5.10 Å². The molecule has 3 nitrogen and oxygen atoms in total. The Labute approximate surface area is 128 Å². The number of aromatic nitrogens is 2. The maximum atomic E-state index is 13.7. The van der Waals surface area contributed by atoms with Crippen molar-refractivity contribution in [3.63, 3.8) is 0 Å². The Morgan fingerprint density at radius 3 is 2.74 bits per heavy atom. The van der Waals surface area contributed by atoms with E-state index in [2.05, 4.69) is 42.3 Å². The Morgan fingerprint density at radius 1 is 1.37 bits per heavy atom. The largest absolute Gasteiger partial charge is 0.376 e. The molecule has 0 atom stereocenters. The topological polar surface area (TPSA) is 29.9 Å². The van der Waals surface area contributed by atoms with Crippen LogP contribution in [-0.2, 0) is 13.1 Å². The van der Waals surface area contributed by atoms with Gasteiger partial charge in [0, 0.05) is 11.0 Å². The highest BCUT2D eigenvalue weighted by Gasteiger charge is 2.13. The van der Waals surface area contributed by atoms with Crippen LogP contribution in [0.2, 0.25) is 0 Å². The van der Waals surface area contributed by atoms with Gasteiger partial charge in [-0.05, 0) is 57.8 Å². The molecule has 1 aromatic carbocycles. The van der Waals surface area contributed by atoms with Crippen molar-refractivity contribution in [2.75, 3.05) is 5.32 Å². The van der Waals surface area contributed by atoms with E-state index in [-0.39, 0.29) is 5.82 Å². The van der Waals surface area contributed by atoms with Crippen LogP contribution in [0.15, 0.2) is 27.1 Å². The standard InChI is InChI=1S/C13H14Br2FN3/c1-3-19-11(12(15)8(2)18-19)7-17-13-9(14)5-4-6-10(13)16/h4-6,17H,3,7H2,1-2H3. The number of aryl methyl sites for hydroxylation is 2. The quantitative estimate of drug-likeness (QED) is 0.833. The molecular weight excluding hydrogens is 377 g/mol. The summed E-state index contributed by atoms with van der Waals surface area (Å²) < 4.78 is 17.3. The van der Waals surface area contributed by atoms with Gasteiger partial charge >= 0.3 is 0 Å². The van der Waals surface area contributed by atoms with Crippen molar-refractivity contribution in [1.82, 2.24) is 9.78 Å². The van der Waals surface area contributed by atoms with Crippen molar-refractivity contribution in [3.05, 3.63) is 44.3 Å². The second kappa shape index (κ2) is 6.05. The Kier molecular flexibility index (Phi) is 4.62. The maximum absolute atomic E-state index is 13.7. The van der Waals surface area contributed by atoms with Gasteiger partial charge < -0.3 is 5.32 Å². The fourth-order valence-electron chi connectivity index (χ4n) is 1.88. The van der Waals surface area contributed by atoms with Crippen molar-refractivity contribution < 1.29 is 4.39 Å². The van der Waals surface area contributed by atoms with Gasteiger partial charge in [0.1, 0.15) is 5.82 Å². The molecule has 6 heteroatoms. The summed E-state index contributed by atoms with van der Waals surface area (Å²) >= 11 is 6.87. The fraction of sp³-hybridized carbons (Fsp3) is 0.308. The summed E-state index contributed by atoms with van der Waals surface area (Å²) in [6.45, 7) is 5.26. The highest BCUT2D eigenvalue weighted by molar-refractivity contribution is 9.11. The molecule has 0 aliphatic heterocycles. The average molecular weight is 391 g/mol. The van der Waals surface area contributed by atoms with Crippen LogP contribution in [0.4, 0.5) is 10.1 Å². The van der Waals surface area contributed by atoms with Gasteiger partial charge in [0.25, 0.3) is 0 Å². The Bertz CT molecular complexity index is 576. The van der Waals surface area contributed by atoms with E-state index >= 15 is 0 Å². The third kappa shape index (κ3) is 3.00. The SMILES string of the molecule is CCn1nc(C)c(Br)c1CNc1c(F)cccc1Br. The minimum atomic E-state index is -0.273. The third-order valence-electron chi connectivity index (χ3n) is 2.85. The van der Waals surface area contributed by atoms with Crippen molar-refractivity contribution in [2.45, 2.75) is 26.9 Å². The first-order valence-corrected chi connectivity index (χ1v) is 7.52. The Balaban J connectivity index is 2.24. The predicted molar refractivity (Wildman–Crippen MR) is 81.8 cm³/mol. The number of hydrogen-bond donors (Lipinski definition) is 1. The van der Waals surface area contributed by atoms with Crippen molar-refractivity contribution in [3.8, 4) is 0 Å². The summed E-state index contributed by atoms with van der Waals surface area (Å²) in [6.07, 6.45) is 0. The van der Waals surface area contributed by atoms with Crippen LogP contribution >= 0.6 is 31.9 Å². The number of rotatable bonds is 4. The molecule has 1 aromatic heterocycles. The lowest BCUT2D eigenvalue weighted by Crippen LogP contribution is -2.09. The van der Waals surface area contributed by atoms with E-state index in [1.807, 2.05) is 24.6 Å². The number of hydrogen-bond acceptors (Lipinski definition) is 2. The van der Waals surface area contributed by atoms with Gasteiger partial charge in [0.15, 0.2) is 0 Å². The van der Waals surface area contributed by atoms with Gasteiger partial charge in [-0.15, -0.1) is 0 Å². The molecule has 0 aliphatic carbocycles. The molecule has 1 heterocycles. The van der Waals surface area contributed by atoms with E-state index < -0.39 is 0 Å². The van der Waals surface area contributed by atoms with Gasteiger partial charge in [-0.3, -0.25) is 4.68 Å². The number of nitrogens with one attached hydrogen (secondary N) is 1. The zero-order valence-electron chi connectivity index (χ0n) is 10.7. The van der Waals surface area contributed by atoms with E-state index in [9.17, 15) is 4.39 Å². The van der Waals surface area contributed by atoms with Crippen LogP contribution in [-0.4, -0.2) is 9.78 Å². The summed E-state index contributed by atoms with van der Waals surface area (Å²) in [5.74, 6) is -0.273. The lowest BCUT2D eigenvalue weighted by atomic mass is 10.3. The Hall–Kier alpha value is -0.880. The number of anilines is 1. The zero-order chi connectivity index (χ0) is 14.0. The smallest absolute Gasteiger partial charge is 0.147 e. The number of benzene rings is 1. The minimum absolute atomic E-state index is 0.273. The molecule has 0 radical (unpaired) electrons. The molecule has 0 bridgehead atoms. The molecule has 1 N–H and O–H groups in total. The summed E-state index contributed by atoms with van der Waals surface area (Å²) in [5, 5.41) is 7.52. The van der Waals surface area contributed by atoms with Crippen LogP contribution < -0.4 is 5.32 Å². The van der Waals surface area contributed by atoms with Crippen LogP contribution in [0.1, 0.15) is 18.3 Å².